The van der Waals surface area contributed by atoms with Gasteiger partial charge in [0.15, 0.2) is 69.2 Å². The molecular formula is C74H124N4O54. The molecule has 132 heavy (non-hydrogen) atoms. The molecule has 0 unspecified atom stereocenters. The zero-order chi connectivity index (χ0) is 97.1. The van der Waals surface area contributed by atoms with E-state index in [1.807, 2.05) is 0 Å². The minimum Gasteiger partial charge on any atom is -0.394 e. The first kappa shape index (κ1) is 108. The lowest BCUT2D eigenvalue weighted by atomic mass is 9.93. The topological polar surface area (TPSA) is 897 Å². The molecule has 11 rings (SSSR count). The van der Waals surface area contributed by atoms with E-state index in [1.165, 1.54) is 13.8 Å². The van der Waals surface area contributed by atoms with Crippen LogP contribution in [0.5, 0.6) is 0 Å². The summed E-state index contributed by atoms with van der Waals surface area (Å²) in [5.74, 6) is -3.76. The average Bonchev–Trinajstić information content (AvgIpc) is 0.769. The van der Waals surface area contributed by atoms with Crippen LogP contribution in [0, 0.1) is 0 Å². The number of carbonyl (C=O) groups is 4. The molecule has 11 heterocycles. The third kappa shape index (κ3) is 23.5. The van der Waals surface area contributed by atoms with Crippen molar-refractivity contribution in [1.82, 2.24) is 21.3 Å². The summed E-state index contributed by atoms with van der Waals surface area (Å²) in [6.45, 7) is -3.56. The Hall–Kier alpha value is -4.12. The first-order valence-electron chi connectivity index (χ1n) is 42.4. The van der Waals surface area contributed by atoms with Gasteiger partial charge in [0.2, 0.25) is 23.6 Å². The molecule has 11 fully saturated rings. The Bertz CT molecular complexity index is 3610. The van der Waals surface area contributed by atoms with Crippen molar-refractivity contribution in [3.8, 4) is 0 Å². The lowest BCUT2D eigenvalue weighted by Gasteiger charge is -2.51. The molecule has 4 amide bonds. The first-order valence-corrected chi connectivity index (χ1v) is 42.4. The fourth-order valence-electron chi connectivity index (χ4n) is 17.3. The van der Waals surface area contributed by atoms with Gasteiger partial charge < -0.3 is 269 Å². The number of carbonyl (C=O) groups excluding carboxylic acids is 4. The van der Waals surface area contributed by atoms with Gasteiger partial charge in [0.05, 0.1) is 71.7 Å². The third-order valence-electron chi connectivity index (χ3n) is 24.5. The van der Waals surface area contributed by atoms with Crippen molar-refractivity contribution in [1.29, 1.82) is 0 Å². The highest BCUT2D eigenvalue weighted by molar-refractivity contribution is 5.74. The van der Waals surface area contributed by atoms with E-state index in [0.717, 1.165) is 27.7 Å². The predicted octanol–water partition coefficient (Wildman–Crippen LogP) is -22.3. The first-order chi connectivity index (χ1) is 62.4. The molecule has 0 aromatic rings. The van der Waals surface area contributed by atoms with E-state index in [-0.39, 0.29) is 0 Å². The minimum absolute atomic E-state index is 0.927. The van der Waals surface area contributed by atoms with E-state index >= 15 is 0 Å². The number of amides is 4. The van der Waals surface area contributed by atoms with E-state index < -0.39 is 421 Å². The Kier molecular flexibility index (Phi) is 38.5. The van der Waals surface area contributed by atoms with Crippen LogP contribution in [0.25, 0.3) is 0 Å². The molecule has 764 valence electrons. The largest absolute Gasteiger partial charge is 0.394 e. The van der Waals surface area contributed by atoms with Gasteiger partial charge in [0.25, 0.3) is 0 Å². The summed E-state index contributed by atoms with van der Waals surface area (Å²) in [6.07, 6.45) is -102. The summed E-state index contributed by atoms with van der Waals surface area (Å²) in [4.78, 5) is 51.8. The normalized spacial score (nSPS) is 50.4. The number of rotatable bonds is 33. The van der Waals surface area contributed by atoms with Crippen molar-refractivity contribution < 1.29 is 267 Å². The lowest BCUT2D eigenvalue weighted by molar-refractivity contribution is -0.396. The highest BCUT2D eigenvalue weighted by Crippen LogP contribution is 2.42. The smallest absolute Gasteiger partial charge is 0.217 e. The molecule has 11 aliphatic heterocycles. The molecule has 0 saturated carbocycles. The maximum Gasteiger partial charge on any atom is 0.217 e. The van der Waals surface area contributed by atoms with Crippen LogP contribution in [0.1, 0.15) is 41.5 Å². The fourth-order valence-corrected chi connectivity index (χ4v) is 17.3. The molecule has 0 bridgehead atoms. The van der Waals surface area contributed by atoms with Gasteiger partial charge in [-0.15, -0.1) is 0 Å². The highest BCUT2D eigenvalue weighted by atomic mass is 16.8. The average molecular weight is 1930 g/mol. The molecule has 58 heteroatoms. The van der Waals surface area contributed by atoms with Crippen LogP contribution in [0.4, 0.5) is 0 Å². The van der Waals surface area contributed by atoms with Crippen LogP contribution in [0.2, 0.25) is 0 Å². The zero-order valence-corrected chi connectivity index (χ0v) is 71.3. The standard InChI is InChI=1S/C74H124N4O54/c1-16-35(91)46(102)50(106)68(113-16)131-62-48(104)37(93)22(7-79)119-73(62)126-57-29(14-86)123-67(33(45(57)101)77-20(5)89)128-59-39(95)24(9-81)116-70(52(59)108)124-55-27(12-84)121-65(31(43(55)99)75-18(3)87)112-15-30-42(98)58(34(64(111)115-30)78-21(6)90)127-72-53(109)60(40(96)25(10-82)118-72)129-66-32(76-19(4)88)44(100)56(28(13-85)122-66)125-71-54(110)61(41(97)26(11-83)117-71)130-74-63(49(105)38(94)23(8-80)120-74)132-69-51(107)47(103)36(92)17(2)114-69/h16-17,22-74,79-86,91-111H,7-15H2,1-6H3,(H,75,87)(H,76,88)(H,77,89)(H,78,90)/t16-,17-,22+,23+,24+,25+,26+,27+,28+,29+,30+,31+,32+,33+,34+,35+,36+,37-,38-,39-,40-,41-,42-,43+,44+,45+,46+,47+,48-,49-,50-,51-,52+,53+,54+,55+,56+,57+,58+,59-,60-,61-,62+,63+,64-,65+,66-,67-,68-,69-,70-,71-,72-,73-,74+/m0/s1. The maximum absolute atomic E-state index is 13.0. The third-order valence-corrected chi connectivity index (χ3v) is 24.5. The van der Waals surface area contributed by atoms with Crippen molar-refractivity contribution in [2.75, 3.05) is 59.5 Å². The number of nitrogens with one attached hydrogen (secondary N) is 4. The zero-order valence-electron chi connectivity index (χ0n) is 71.3. The van der Waals surface area contributed by atoms with Crippen molar-refractivity contribution in [2.24, 2.45) is 0 Å². The van der Waals surface area contributed by atoms with Gasteiger partial charge in [-0.2, -0.15) is 0 Å². The van der Waals surface area contributed by atoms with Crippen LogP contribution >= 0.6 is 0 Å². The molecule has 0 aromatic carbocycles. The van der Waals surface area contributed by atoms with Crippen molar-refractivity contribution in [3.05, 3.63) is 0 Å². The second-order valence-electron chi connectivity index (χ2n) is 33.7. The quantitative estimate of drug-likeness (QED) is 0.0290. The van der Waals surface area contributed by atoms with E-state index in [9.17, 15) is 167 Å². The predicted molar refractivity (Wildman–Crippen MR) is 406 cm³/mol. The van der Waals surface area contributed by atoms with Crippen LogP contribution in [0.15, 0.2) is 0 Å². The van der Waals surface area contributed by atoms with Crippen molar-refractivity contribution in [3.63, 3.8) is 0 Å². The number of hydrogen-bond donors (Lipinski definition) is 33. The monoisotopic (exact) mass is 1930 g/mol. The summed E-state index contributed by atoms with van der Waals surface area (Å²) in [6, 6.07) is -7.64. The van der Waals surface area contributed by atoms with Crippen molar-refractivity contribution >= 4 is 23.6 Å². The fraction of sp³-hybridized carbons (Fsp3) is 0.946. The van der Waals surface area contributed by atoms with Gasteiger partial charge in [-0.05, 0) is 13.8 Å². The number of ether oxygens (including phenoxy) is 21. The lowest BCUT2D eigenvalue weighted by Crippen LogP contribution is -2.71. The van der Waals surface area contributed by atoms with E-state index in [1.54, 1.807) is 0 Å². The Labute approximate surface area is 748 Å². The highest BCUT2D eigenvalue weighted by Gasteiger charge is 2.63. The van der Waals surface area contributed by atoms with Gasteiger partial charge in [-0.25, -0.2) is 0 Å². The molecular weight excluding hydrogens is 1810 g/mol. The van der Waals surface area contributed by atoms with Crippen molar-refractivity contribution in [2.45, 2.75) is 379 Å². The molecule has 0 radical (unpaired) electrons. The molecule has 0 aromatic heterocycles. The van der Waals surface area contributed by atoms with Gasteiger partial charge in [-0.3, -0.25) is 19.2 Å². The van der Waals surface area contributed by atoms with E-state index in [4.69, 9.17) is 99.5 Å². The summed E-state index contributed by atoms with van der Waals surface area (Å²) in [7, 11) is 0. The van der Waals surface area contributed by atoms with E-state index in [2.05, 4.69) is 21.3 Å². The Morgan fingerprint density at radius 3 is 0.780 bits per heavy atom. The Balaban J connectivity index is 0.764. The maximum atomic E-state index is 13.0. The molecule has 55 atom stereocenters. The Morgan fingerprint density at radius 2 is 0.455 bits per heavy atom. The van der Waals surface area contributed by atoms with Crippen LogP contribution in [-0.2, 0) is 119 Å². The number of aliphatic hydroxyl groups is 29. The van der Waals surface area contributed by atoms with E-state index in [0.29, 0.717) is 0 Å². The van der Waals surface area contributed by atoms with Crippen LogP contribution < -0.4 is 21.3 Å². The molecule has 33 N–H and O–H groups in total. The van der Waals surface area contributed by atoms with Gasteiger partial charge in [-0.1, -0.05) is 0 Å². The summed E-state index contributed by atoms with van der Waals surface area (Å²) < 4.78 is 123. The van der Waals surface area contributed by atoms with Crippen LogP contribution in [0.3, 0.4) is 0 Å². The second kappa shape index (κ2) is 47.0. The summed E-state index contributed by atoms with van der Waals surface area (Å²) in [5, 5.41) is 333. The Morgan fingerprint density at radius 1 is 0.212 bits per heavy atom. The van der Waals surface area contributed by atoms with Gasteiger partial charge in [0.1, 0.15) is 256 Å². The SMILES string of the molecule is CC(=O)N[C@@H]1[C@@H](O[C@@H]2O[C@H](CO)[C@H](O)[C@H](O[C@@H]3O[C@H](CO)[C@@H](O[C@@H]4O[C@H](CO)[C@H](O)[C@H](O[C@H]5O[C@H](CO)[C@H](O)[C@H](O)[C@H]5O[C@@H]5O[C@@H](C)[C@@H](O)[C@@H](O)[C@@H]5O)[C@H]4O)[C@H](O)[C@H]3NC(C)=O)[C@H]2O)[C@@H](O)[C@@H](CO[C@@H]2O[C@H](CO)[C@@H](O[C@@H]3O[C@H](CO)[C@H](O)[C@H](O[C@@H]4O[C@H](CO)[C@@H](O[C@@H]5O[C@H](CO)[C@H](O)[C@H](O)[C@H]5O[C@@H]5O[C@@H](C)[C@@H](O)[C@@H](O)[C@@H]5O)[C@H](O)[C@H]4NC(C)=O)[C@H]3O)[C@H](O)[C@H]2NC(C)=O)O[C@@H]1O. The molecule has 11 aliphatic rings. The summed E-state index contributed by atoms with van der Waals surface area (Å²) >= 11 is 0. The van der Waals surface area contributed by atoms with Gasteiger partial charge >= 0.3 is 0 Å². The minimum atomic E-state index is -2.42. The molecule has 0 spiro atoms. The number of hydrogen-bond acceptors (Lipinski definition) is 54. The van der Waals surface area contributed by atoms with Crippen LogP contribution in [-0.4, -0.2) is 569 Å². The molecule has 0 aliphatic carbocycles. The van der Waals surface area contributed by atoms with Gasteiger partial charge in [0, 0.05) is 27.7 Å². The molecule has 58 nitrogen and oxygen atoms in total. The summed E-state index contributed by atoms with van der Waals surface area (Å²) in [5.41, 5.74) is 0. The number of aliphatic hydroxyl groups excluding tert-OH is 29. The molecule has 11 saturated heterocycles. The second-order valence-corrected chi connectivity index (χ2v) is 33.7.